The van der Waals surface area contributed by atoms with Gasteiger partial charge in [-0.15, -0.1) is 0 Å². The van der Waals surface area contributed by atoms with Gasteiger partial charge in [0.2, 0.25) is 10.0 Å². The maximum Gasteiger partial charge on any atom is 0.255 e. The smallest absolute Gasteiger partial charge is 0.255 e. The highest BCUT2D eigenvalue weighted by Crippen LogP contribution is 2.27. The third-order valence-electron chi connectivity index (χ3n) is 3.50. The molecule has 27 heavy (non-hydrogen) atoms. The molecule has 0 aliphatic rings. The highest BCUT2D eigenvalue weighted by atomic mass is 35.5. The number of ether oxygens (including phenoxy) is 1. The standard InChI is InChI=1S/C17H17ClFN3O4S/c1-22(27(24,25)13-7-8-16(26-2)14(18)9-13)11-17(23)21-20-10-12-5-3-4-6-15(12)19/h3-10H,11H2,1-2H3,(H,21,23). The van der Waals surface area contributed by atoms with Crippen molar-refractivity contribution in [2.75, 3.05) is 20.7 Å². The van der Waals surface area contributed by atoms with E-state index in [4.69, 9.17) is 16.3 Å². The molecule has 2 aromatic carbocycles. The van der Waals surface area contributed by atoms with Crippen molar-refractivity contribution >= 4 is 33.7 Å². The molecule has 0 aliphatic heterocycles. The summed E-state index contributed by atoms with van der Waals surface area (Å²) in [5.41, 5.74) is 2.34. The average molecular weight is 414 g/mol. The molecular weight excluding hydrogens is 397 g/mol. The molecule has 0 fully saturated rings. The number of sulfonamides is 1. The molecule has 0 saturated heterocycles. The zero-order valence-corrected chi connectivity index (χ0v) is 16.1. The molecule has 0 spiro atoms. The summed E-state index contributed by atoms with van der Waals surface area (Å²) in [4.78, 5) is 11.8. The Morgan fingerprint density at radius 3 is 2.67 bits per heavy atom. The van der Waals surface area contributed by atoms with Crippen LogP contribution in [0.15, 0.2) is 52.5 Å². The Hall–Kier alpha value is -2.49. The zero-order valence-electron chi connectivity index (χ0n) is 14.5. The number of hydrogen-bond acceptors (Lipinski definition) is 5. The second-order valence-electron chi connectivity index (χ2n) is 5.37. The van der Waals surface area contributed by atoms with Crippen LogP contribution in [0.5, 0.6) is 5.75 Å². The Balaban J connectivity index is 2.02. The normalized spacial score (nSPS) is 11.7. The second-order valence-corrected chi connectivity index (χ2v) is 7.82. The zero-order chi connectivity index (χ0) is 20.0. The summed E-state index contributed by atoms with van der Waals surface area (Å²) in [5.74, 6) is -0.849. The molecule has 2 aromatic rings. The SMILES string of the molecule is COc1ccc(S(=O)(=O)N(C)CC(=O)NN=Cc2ccccc2F)cc1Cl. The van der Waals surface area contributed by atoms with E-state index in [0.29, 0.717) is 5.75 Å². The topological polar surface area (TPSA) is 88.1 Å². The van der Waals surface area contributed by atoms with Gasteiger partial charge in [-0.05, 0) is 24.3 Å². The number of hydrazone groups is 1. The number of nitrogens with zero attached hydrogens (tertiary/aromatic N) is 2. The molecule has 0 unspecified atom stereocenters. The van der Waals surface area contributed by atoms with Crippen LogP contribution in [0.2, 0.25) is 5.02 Å². The predicted molar refractivity (Wildman–Crippen MR) is 100.0 cm³/mol. The van der Waals surface area contributed by atoms with Crippen LogP contribution in [0.25, 0.3) is 0 Å². The van der Waals surface area contributed by atoms with Crippen molar-refractivity contribution in [2.24, 2.45) is 5.10 Å². The number of hydrogen-bond donors (Lipinski definition) is 1. The van der Waals surface area contributed by atoms with Crippen LogP contribution in [0.4, 0.5) is 4.39 Å². The first-order chi connectivity index (χ1) is 12.8. The fraction of sp³-hybridized carbons (Fsp3) is 0.176. The number of methoxy groups -OCH3 is 1. The Bertz CT molecular complexity index is 966. The molecule has 0 saturated carbocycles. The molecule has 1 N–H and O–H groups in total. The van der Waals surface area contributed by atoms with Crippen molar-refractivity contribution < 1.29 is 22.3 Å². The van der Waals surface area contributed by atoms with Gasteiger partial charge < -0.3 is 4.74 Å². The molecule has 2 rings (SSSR count). The molecule has 1 amide bonds. The first-order valence-corrected chi connectivity index (χ1v) is 9.44. The Labute approximate surface area is 161 Å². The van der Waals surface area contributed by atoms with Gasteiger partial charge in [-0.1, -0.05) is 29.8 Å². The van der Waals surface area contributed by atoms with E-state index in [2.05, 4.69) is 10.5 Å². The van der Waals surface area contributed by atoms with E-state index in [0.717, 1.165) is 10.5 Å². The van der Waals surface area contributed by atoms with Gasteiger partial charge >= 0.3 is 0 Å². The number of carbonyl (C=O) groups is 1. The van der Waals surface area contributed by atoms with E-state index in [-0.39, 0.29) is 15.5 Å². The lowest BCUT2D eigenvalue weighted by Crippen LogP contribution is -2.36. The van der Waals surface area contributed by atoms with E-state index in [1.165, 1.54) is 50.6 Å². The van der Waals surface area contributed by atoms with Crippen molar-refractivity contribution in [2.45, 2.75) is 4.90 Å². The molecule has 7 nitrogen and oxygen atoms in total. The highest BCUT2D eigenvalue weighted by molar-refractivity contribution is 7.89. The summed E-state index contributed by atoms with van der Waals surface area (Å²) in [6.07, 6.45) is 1.13. The van der Waals surface area contributed by atoms with Crippen molar-refractivity contribution in [1.82, 2.24) is 9.73 Å². The van der Waals surface area contributed by atoms with E-state index in [1.807, 2.05) is 0 Å². The Morgan fingerprint density at radius 1 is 1.33 bits per heavy atom. The van der Waals surface area contributed by atoms with Crippen LogP contribution in [0, 0.1) is 5.82 Å². The molecule has 144 valence electrons. The van der Waals surface area contributed by atoms with Gasteiger partial charge in [0.1, 0.15) is 11.6 Å². The summed E-state index contributed by atoms with van der Waals surface area (Å²) in [6, 6.07) is 9.86. The second kappa shape index (κ2) is 8.94. The minimum Gasteiger partial charge on any atom is -0.495 e. The summed E-state index contributed by atoms with van der Waals surface area (Å²) < 4.78 is 44.3. The minimum absolute atomic E-state index is 0.0848. The van der Waals surface area contributed by atoms with Gasteiger partial charge in [0, 0.05) is 12.6 Å². The van der Waals surface area contributed by atoms with Crippen LogP contribution in [-0.2, 0) is 14.8 Å². The number of benzene rings is 2. The molecule has 0 aromatic heterocycles. The summed E-state index contributed by atoms with van der Waals surface area (Å²) in [6.45, 7) is -0.486. The third kappa shape index (κ3) is 5.25. The summed E-state index contributed by atoms with van der Waals surface area (Å²) >= 11 is 5.95. The quantitative estimate of drug-likeness (QED) is 0.557. The number of halogens is 2. The minimum atomic E-state index is -3.94. The van der Waals surface area contributed by atoms with Gasteiger partial charge in [-0.3, -0.25) is 4.79 Å². The monoisotopic (exact) mass is 413 g/mol. The highest BCUT2D eigenvalue weighted by Gasteiger charge is 2.23. The molecule has 0 radical (unpaired) electrons. The van der Waals surface area contributed by atoms with Crippen molar-refractivity contribution in [3.05, 3.63) is 58.9 Å². The molecule has 0 heterocycles. The number of carbonyl (C=O) groups excluding carboxylic acids is 1. The van der Waals surface area contributed by atoms with Crippen LogP contribution in [0.1, 0.15) is 5.56 Å². The molecular formula is C17H17ClFN3O4S. The van der Waals surface area contributed by atoms with Crippen molar-refractivity contribution in [3.63, 3.8) is 0 Å². The fourth-order valence-corrected chi connectivity index (χ4v) is 3.54. The van der Waals surface area contributed by atoms with Gasteiger partial charge in [-0.25, -0.2) is 18.2 Å². The number of likely N-dealkylation sites (N-methyl/N-ethyl adjacent to an activating group) is 1. The van der Waals surface area contributed by atoms with Crippen molar-refractivity contribution in [1.29, 1.82) is 0 Å². The van der Waals surface area contributed by atoms with Gasteiger partial charge in [-0.2, -0.15) is 9.41 Å². The average Bonchev–Trinajstić information content (AvgIpc) is 2.63. The van der Waals surface area contributed by atoms with E-state index in [9.17, 15) is 17.6 Å². The van der Waals surface area contributed by atoms with E-state index in [1.54, 1.807) is 6.07 Å². The lowest BCUT2D eigenvalue weighted by Gasteiger charge is -2.16. The predicted octanol–water partition coefficient (Wildman–Crippen LogP) is 2.26. The van der Waals surface area contributed by atoms with Crippen LogP contribution in [0.3, 0.4) is 0 Å². The summed E-state index contributed by atoms with van der Waals surface area (Å²) in [5, 5.41) is 3.75. The first kappa shape index (κ1) is 20.8. The number of amides is 1. The maximum absolute atomic E-state index is 13.4. The number of rotatable bonds is 7. The van der Waals surface area contributed by atoms with E-state index < -0.39 is 28.3 Å². The van der Waals surface area contributed by atoms with Crippen LogP contribution < -0.4 is 10.2 Å². The van der Waals surface area contributed by atoms with Gasteiger partial charge in [0.05, 0.1) is 29.8 Å². The van der Waals surface area contributed by atoms with Crippen LogP contribution >= 0.6 is 11.6 Å². The third-order valence-corrected chi connectivity index (χ3v) is 5.59. The maximum atomic E-state index is 13.4. The van der Waals surface area contributed by atoms with Gasteiger partial charge in [0.25, 0.3) is 5.91 Å². The Morgan fingerprint density at radius 2 is 2.04 bits per heavy atom. The number of nitrogens with one attached hydrogen (secondary N) is 1. The fourth-order valence-electron chi connectivity index (χ4n) is 2.06. The van der Waals surface area contributed by atoms with E-state index >= 15 is 0 Å². The summed E-state index contributed by atoms with van der Waals surface area (Å²) in [7, 11) is -1.29. The Kier molecular flexibility index (Phi) is 6.89. The molecule has 0 bridgehead atoms. The van der Waals surface area contributed by atoms with Gasteiger partial charge in [0.15, 0.2) is 0 Å². The van der Waals surface area contributed by atoms with Crippen LogP contribution in [-0.4, -0.2) is 45.5 Å². The first-order valence-electron chi connectivity index (χ1n) is 7.62. The molecule has 0 atom stereocenters. The molecule has 10 heteroatoms. The largest absolute Gasteiger partial charge is 0.495 e. The van der Waals surface area contributed by atoms with Crippen molar-refractivity contribution in [3.8, 4) is 5.75 Å². The lowest BCUT2D eigenvalue weighted by atomic mass is 10.2. The molecule has 0 aliphatic carbocycles. The lowest BCUT2D eigenvalue weighted by molar-refractivity contribution is -0.121.